The fourth-order valence-corrected chi connectivity index (χ4v) is 1.30. The van der Waals surface area contributed by atoms with E-state index in [1.807, 2.05) is 12.1 Å². The van der Waals surface area contributed by atoms with Crippen molar-refractivity contribution in [3.05, 3.63) is 29.3 Å². The second-order valence-corrected chi connectivity index (χ2v) is 2.62. The van der Waals surface area contributed by atoms with Gasteiger partial charge in [0, 0.05) is 18.7 Å². The second kappa shape index (κ2) is 2.53. The zero-order valence-corrected chi connectivity index (χ0v) is 6.09. The molecule has 11 heavy (non-hydrogen) atoms. The molecule has 0 radical (unpaired) electrons. The van der Waals surface area contributed by atoms with Crippen LogP contribution >= 0.6 is 0 Å². The van der Waals surface area contributed by atoms with E-state index in [4.69, 9.17) is 0 Å². The van der Waals surface area contributed by atoms with E-state index in [0.717, 1.165) is 12.1 Å². The lowest BCUT2D eigenvalue weighted by Crippen LogP contribution is -2.35. The van der Waals surface area contributed by atoms with Gasteiger partial charge in [-0.1, -0.05) is 12.1 Å². The van der Waals surface area contributed by atoms with E-state index < -0.39 is 0 Å². The van der Waals surface area contributed by atoms with Gasteiger partial charge in [-0.3, -0.25) is 10.9 Å². The Morgan fingerprint density at radius 2 is 2.00 bits per heavy atom. The summed E-state index contributed by atoms with van der Waals surface area (Å²) in [5.74, 6) is 0.386. The van der Waals surface area contributed by atoms with E-state index >= 15 is 0 Å². The van der Waals surface area contributed by atoms with E-state index in [1.165, 1.54) is 5.56 Å². The van der Waals surface area contributed by atoms with Crippen LogP contribution < -0.4 is 10.9 Å². The highest BCUT2D eigenvalue weighted by atomic mass is 16.3. The zero-order chi connectivity index (χ0) is 7.68. The molecule has 0 saturated carbocycles. The summed E-state index contributed by atoms with van der Waals surface area (Å²) in [4.78, 5) is 0. The summed E-state index contributed by atoms with van der Waals surface area (Å²) in [6.45, 7) is 1.48. The molecule has 0 atom stereocenters. The molecule has 0 saturated heterocycles. The van der Waals surface area contributed by atoms with Crippen molar-refractivity contribution in [1.29, 1.82) is 0 Å². The monoisotopic (exact) mass is 150 g/mol. The molecule has 3 nitrogen and oxygen atoms in total. The summed E-state index contributed by atoms with van der Waals surface area (Å²) >= 11 is 0. The molecule has 0 aliphatic carbocycles. The number of phenols is 1. The van der Waals surface area contributed by atoms with E-state index in [9.17, 15) is 5.11 Å². The van der Waals surface area contributed by atoms with Gasteiger partial charge in [-0.2, -0.15) is 0 Å². The highest BCUT2D eigenvalue weighted by Crippen LogP contribution is 2.21. The Morgan fingerprint density at radius 1 is 1.18 bits per heavy atom. The molecule has 1 aromatic rings. The van der Waals surface area contributed by atoms with E-state index in [2.05, 4.69) is 10.9 Å². The van der Waals surface area contributed by atoms with Crippen molar-refractivity contribution >= 4 is 0 Å². The number of hydrazine groups is 1. The minimum atomic E-state index is 0.386. The smallest absolute Gasteiger partial charge is 0.120 e. The first-order valence-electron chi connectivity index (χ1n) is 3.63. The number of phenolic OH excluding ortho intramolecular Hbond substituents is 1. The predicted octanol–water partition coefficient (Wildman–Crippen LogP) is 0.500. The van der Waals surface area contributed by atoms with Crippen molar-refractivity contribution < 1.29 is 5.11 Å². The second-order valence-electron chi connectivity index (χ2n) is 2.62. The third kappa shape index (κ3) is 1.08. The van der Waals surface area contributed by atoms with E-state index in [1.54, 1.807) is 6.07 Å². The minimum Gasteiger partial charge on any atom is -0.508 e. The minimum absolute atomic E-state index is 0.386. The van der Waals surface area contributed by atoms with E-state index in [-0.39, 0.29) is 0 Å². The number of fused-ring (bicyclic) bond motifs is 1. The van der Waals surface area contributed by atoms with Crippen LogP contribution in [0.5, 0.6) is 5.75 Å². The normalized spacial score (nSPS) is 16.0. The van der Waals surface area contributed by atoms with Gasteiger partial charge >= 0.3 is 0 Å². The lowest BCUT2D eigenvalue weighted by atomic mass is 10.1. The molecule has 0 aromatic heterocycles. The summed E-state index contributed by atoms with van der Waals surface area (Å²) in [5, 5.41) is 9.39. The van der Waals surface area contributed by atoms with Crippen molar-refractivity contribution in [2.45, 2.75) is 13.1 Å². The molecule has 3 N–H and O–H groups in total. The predicted molar refractivity (Wildman–Crippen MR) is 41.8 cm³/mol. The highest BCUT2D eigenvalue weighted by Gasteiger charge is 2.10. The summed E-state index contributed by atoms with van der Waals surface area (Å²) < 4.78 is 0. The number of aromatic hydroxyl groups is 1. The Hall–Kier alpha value is -1.06. The van der Waals surface area contributed by atoms with Crippen LogP contribution in [0.1, 0.15) is 11.1 Å². The van der Waals surface area contributed by atoms with Crippen LogP contribution in [0.2, 0.25) is 0 Å². The van der Waals surface area contributed by atoms with Gasteiger partial charge in [0.2, 0.25) is 0 Å². The summed E-state index contributed by atoms with van der Waals surface area (Å²) in [6.07, 6.45) is 0. The standard InChI is InChI=1S/C8H10N2O/c11-8-3-1-2-6-4-9-10-5-7(6)8/h1-3,9-11H,4-5H2. The van der Waals surface area contributed by atoms with Crippen LogP contribution in [-0.4, -0.2) is 5.11 Å². The van der Waals surface area contributed by atoms with Gasteiger partial charge in [0.1, 0.15) is 5.75 Å². The van der Waals surface area contributed by atoms with Gasteiger partial charge in [-0.15, -0.1) is 0 Å². The Balaban J connectivity index is 2.49. The van der Waals surface area contributed by atoms with Gasteiger partial charge < -0.3 is 5.11 Å². The van der Waals surface area contributed by atoms with Crippen LogP contribution in [0, 0.1) is 0 Å². The molecule has 1 heterocycles. The zero-order valence-electron chi connectivity index (χ0n) is 6.09. The summed E-state index contributed by atoms with van der Waals surface area (Å²) in [6, 6.07) is 5.59. The van der Waals surface area contributed by atoms with Crippen LogP contribution in [0.4, 0.5) is 0 Å². The van der Waals surface area contributed by atoms with Gasteiger partial charge in [0.15, 0.2) is 0 Å². The molecule has 0 amide bonds. The van der Waals surface area contributed by atoms with Crippen LogP contribution in [0.15, 0.2) is 18.2 Å². The quantitative estimate of drug-likeness (QED) is 0.504. The number of hydrogen-bond acceptors (Lipinski definition) is 3. The fourth-order valence-electron chi connectivity index (χ4n) is 1.30. The maximum atomic E-state index is 9.39. The Labute approximate surface area is 65.0 Å². The molecule has 0 fully saturated rings. The molecule has 2 rings (SSSR count). The first-order chi connectivity index (χ1) is 5.38. The van der Waals surface area contributed by atoms with Gasteiger partial charge in [0.25, 0.3) is 0 Å². The lowest BCUT2D eigenvalue weighted by molar-refractivity contribution is 0.438. The molecular formula is C8H10N2O. The van der Waals surface area contributed by atoms with Crippen molar-refractivity contribution in [2.24, 2.45) is 0 Å². The third-order valence-corrected chi connectivity index (χ3v) is 1.92. The van der Waals surface area contributed by atoms with Crippen LogP contribution in [-0.2, 0) is 13.1 Å². The Kier molecular flexibility index (Phi) is 1.52. The molecule has 0 bridgehead atoms. The lowest BCUT2D eigenvalue weighted by Gasteiger charge is -2.18. The maximum absolute atomic E-state index is 9.39. The molecule has 0 spiro atoms. The number of benzene rings is 1. The van der Waals surface area contributed by atoms with Crippen molar-refractivity contribution in [1.82, 2.24) is 10.9 Å². The first-order valence-corrected chi connectivity index (χ1v) is 3.63. The molecule has 3 heteroatoms. The molecule has 0 unspecified atom stereocenters. The molecule has 1 aromatic carbocycles. The Morgan fingerprint density at radius 3 is 2.82 bits per heavy atom. The third-order valence-electron chi connectivity index (χ3n) is 1.92. The molecular weight excluding hydrogens is 140 g/mol. The largest absolute Gasteiger partial charge is 0.508 e. The SMILES string of the molecule is Oc1cccc2c1CNNC2. The average Bonchev–Trinajstić information content (AvgIpc) is 2.06. The highest BCUT2D eigenvalue weighted by molar-refractivity contribution is 5.39. The number of nitrogens with one attached hydrogen (secondary N) is 2. The molecule has 58 valence electrons. The van der Waals surface area contributed by atoms with E-state index in [0.29, 0.717) is 12.3 Å². The number of rotatable bonds is 0. The van der Waals surface area contributed by atoms with Gasteiger partial charge in [0.05, 0.1) is 0 Å². The fraction of sp³-hybridized carbons (Fsp3) is 0.250. The number of hydrogen-bond donors (Lipinski definition) is 3. The van der Waals surface area contributed by atoms with Gasteiger partial charge in [-0.05, 0) is 11.6 Å². The van der Waals surface area contributed by atoms with Crippen LogP contribution in [0.3, 0.4) is 0 Å². The summed E-state index contributed by atoms with van der Waals surface area (Å²) in [7, 11) is 0. The molecule has 1 aliphatic rings. The van der Waals surface area contributed by atoms with Crippen LogP contribution in [0.25, 0.3) is 0 Å². The maximum Gasteiger partial charge on any atom is 0.120 e. The summed E-state index contributed by atoms with van der Waals surface area (Å²) in [5.41, 5.74) is 8.15. The Bertz CT molecular complexity index is 273. The van der Waals surface area contributed by atoms with Crippen molar-refractivity contribution in [2.75, 3.05) is 0 Å². The van der Waals surface area contributed by atoms with Crippen molar-refractivity contribution in [3.8, 4) is 5.75 Å². The van der Waals surface area contributed by atoms with Crippen molar-refractivity contribution in [3.63, 3.8) is 0 Å². The average molecular weight is 150 g/mol. The first kappa shape index (κ1) is 6.64. The van der Waals surface area contributed by atoms with Gasteiger partial charge in [-0.25, -0.2) is 0 Å². The molecule has 1 aliphatic heterocycles. The topological polar surface area (TPSA) is 44.3 Å².